The molecular weight excluding hydrogens is 402 g/mol. The third-order valence-corrected chi connectivity index (χ3v) is 7.23. The maximum atomic E-state index is 12.3. The van der Waals surface area contributed by atoms with Gasteiger partial charge in [0.05, 0.1) is 17.2 Å². The van der Waals surface area contributed by atoms with Gasteiger partial charge in [0.1, 0.15) is 0 Å². The minimum atomic E-state index is -3.85. The Morgan fingerprint density at radius 2 is 1.69 bits per heavy atom. The lowest BCUT2D eigenvalue weighted by molar-refractivity contribution is -0.123. The SMILES string of the molecule is C[C@H](NS(=O)(=O)c1ccc(Cl)cc1)C(=O)NC1CCN(S(C)(=O)=O)CC1. The first-order valence-corrected chi connectivity index (χ1v) is 11.7. The molecule has 1 saturated heterocycles. The van der Waals surface area contributed by atoms with Gasteiger partial charge < -0.3 is 5.32 Å². The van der Waals surface area contributed by atoms with Gasteiger partial charge in [-0.3, -0.25) is 4.79 Å². The van der Waals surface area contributed by atoms with Gasteiger partial charge in [0.2, 0.25) is 26.0 Å². The second-order valence-electron chi connectivity index (χ2n) is 6.24. The monoisotopic (exact) mass is 423 g/mol. The minimum absolute atomic E-state index is 0.0167. The van der Waals surface area contributed by atoms with Crippen LogP contribution in [-0.2, 0) is 24.8 Å². The van der Waals surface area contributed by atoms with Crippen LogP contribution in [0, 0.1) is 0 Å². The number of carbonyl (C=O) groups is 1. The lowest BCUT2D eigenvalue weighted by atomic mass is 10.1. The number of hydrogen-bond acceptors (Lipinski definition) is 5. The number of halogens is 1. The van der Waals surface area contributed by atoms with E-state index in [-0.39, 0.29) is 10.9 Å². The highest BCUT2D eigenvalue weighted by Crippen LogP contribution is 2.15. The standard InChI is InChI=1S/C15H22ClN3O5S2/c1-11(18-26(23,24)14-5-3-12(16)4-6-14)15(20)17-13-7-9-19(10-8-13)25(2,21)22/h3-6,11,13,18H,7-10H2,1-2H3,(H,17,20)/t11-/m0/s1. The van der Waals surface area contributed by atoms with Gasteiger partial charge in [0.25, 0.3) is 0 Å². The molecule has 1 amide bonds. The van der Waals surface area contributed by atoms with Crippen LogP contribution in [0.2, 0.25) is 5.02 Å². The molecule has 1 aliphatic heterocycles. The zero-order valence-electron chi connectivity index (χ0n) is 14.5. The molecule has 1 aromatic rings. The summed E-state index contributed by atoms with van der Waals surface area (Å²) >= 11 is 5.74. The summed E-state index contributed by atoms with van der Waals surface area (Å²) in [5, 5.41) is 3.18. The zero-order chi connectivity index (χ0) is 19.5. The normalized spacial score (nSPS) is 18.4. The predicted molar refractivity (Wildman–Crippen MR) is 98.8 cm³/mol. The summed E-state index contributed by atoms with van der Waals surface area (Å²) in [5.41, 5.74) is 0. The number of hydrogen-bond donors (Lipinski definition) is 2. The molecule has 1 fully saturated rings. The van der Waals surface area contributed by atoms with E-state index in [1.54, 1.807) is 0 Å². The Morgan fingerprint density at radius 3 is 2.19 bits per heavy atom. The van der Waals surface area contributed by atoms with Gasteiger partial charge in [-0.2, -0.15) is 4.72 Å². The summed E-state index contributed by atoms with van der Waals surface area (Å²) in [7, 11) is -7.08. The quantitative estimate of drug-likeness (QED) is 0.693. The molecule has 1 heterocycles. The Balaban J connectivity index is 1.91. The number of sulfonamides is 2. The topological polar surface area (TPSA) is 113 Å². The van der Waals surface area contributed by atoms with E-state index >= 15 is 0 Å². The van der Waals surface area contributed by atoms with Crippen LogP contribution < -0.4 is 10.0 Å². The summed E-state index contributed by atoms with van der Waals surface area (Å²) in [5.74, 6) is -0.458. The van der Waals surface area contributed by atoms with E-state index in [4.69, 9.17) is 11.6 Å². The number of piperidine rings is 1. The molecule has 1 aliphatic rings. The van der Waals surface area contributed by atoms with Crippen LogP contribution >= 0.6 is 11.6 Å². The highest BCUT2D eigenvalue weighted by molar-refractivity contribution is 7.89. The first-order valence-electron chi connectivity index (χ1n) is 8.02. The fourth-order valence-corrected chi connectivity index (χ4v) is 4.83. The average molecular weight is 424 g/mol. The second-order valence-corrected chi connectivity index (χ2v) is 10.4. The number of nitrogens with zero attached hydrogens (tertiary/aromatic N) is 1. The maximum absolute atomic E-state index is 12.3. The van der Waals surface area contributed by atoms with Gasteiger partial charge in [0, 0.05) is 24.2 Å². The van der Waals surface area contributed by atoms with Gasteiger partial charge in [0.15, 0.2) is 0 Å². The van der Waals surface area contributed by atoms with Crippen LogP contribution in [0.15, 0.2) is 29.2 Å². The smallest absolute Gasteiger partial charge is 0.241 e. The average Bonchev–Trinajstić information content (AvgIpc) is 2.54. The van der Waals surface area contributed by atoms with Gasteiger partial charge in [-0.05, 0) is 44.0 Å². The number of nitrogens with one attached hydrogen (secondary N) is 2. The fraction of sp³-hybridized carbons (Fsp3) is 0.533. The second kappa shape index (κ2) is 8.22. The van der Waals surface area contributed by atoms with E-state index in [9.17, 15) is 21.6 Å². The van der Waals surface area contributed by atoms with E-state index in [2.05, 4.69) is 10.0 Å². The molecule has 0 saturated carbocycles. The lowest BCUT2D eigenvalue weighted by Crippen LogP contribution is -2.51. The van der Waals surface area contributed by atoms with Gasteiger partial charge in [-0.25, -0.2) is 21.1 Å². The van der Waals surface area contributed by atoms with Crippen LogP contribution in [0.1, 0.15) is 19.8 Å². The van der Waals surface area contributed by atoms with Crippen molar-refractivity contribution in [2.45, 2.75) is 36.7 Å². The van der Waals surface area contributed by atoms with Crippen molar-refractivity contribution in [3.8, 4) is 0 Å². The summed E-state index contributed by atoms with van der Waals surface area (Å²) in [4.78, 5) is 12.3. The molecular formula is C15H22ClN3O5S2. The molecule has 1 atom stereocenters. The fourth-order valence-electron chi connectivity index (χ4n) is 2.63. The molecule has 11 heteroatoms. The van der Waals surface area contributed by atoms with Crippen molar-refractivity contribution in [3.63, 3.8) is 0 Å². The Bertz CT molecular complexity index is 848. The minimum Gasteiger partial charge on any atom is -0.352 e. The molecule has 1 aromatic carbocycles. The Hall–Kier alpha value is -1.20. The molecule has 0 spiro atoms. The predicted octanol–water partition coefficient (Wildman–Crippen LogP) is 0.547. The van der Waals surface area contributed by atoms with Crippen LogP contribution in [0.4, 0.5) is 0 Å². The number of benzene rings is 1. The maximum Gasteiger partial charge on any atom is 0.241 e. The first-order chi connectivity index (χ1) is 12.0. The van der Waals surface area contributed by atoms with Crippen LogP contribution in [0.3, 0.4) is 0 Å². The van der Waals surface area contributed by atoms with Crippen LogP contribution in [0.25, 0.3) is 0 Å². The van der Waals surface area contributed by atoms with Gasteiger partial charge in [-0.1, -0.05) is 11.6 Å². The van der Waals surface area contributed by atoms with Gasteiger partial charge >= 0.3 is 0 Å². The van der Waals surface area contributed by atoms with Crippen molar-refractivity contribution in [1.29, 1.82) is 0 Å². The van der Waals surface area contributed by atoms with E-state index in [1.165, 1.54) is 35.5 Å². The third kappa shape index (κ3) is 5.65. The zero-order valence-corrected chi connectivity index (χ0v) is 16.9. The van der Waals surface area contributed by atoms with Crippen LogP contribution in [0.5, 0.6) is 0 Å². The van der Waals surface area contributed by atoms with E-state index in [0.717, 1.165) is 6.26 Å². The van der Waals surface area contributed by atoms with Crippen molar-refractivity contribution in [2.24, 2.45) is 0 Å². The molecule has 26 heavy (non-hydrogen) atoms. The summed E-state index contributed by atoms with van der Waals surface area (Å²) < 4.78 is 51.3. The Labute approximate surface area is 159 Å². The molecule has 2 rings (SSSR count). The highest BCUT2D eigenvalue weighted by Gasteiger charge is 2.28. The van der Waals surface area contributed by atoms with E-state index in [1.807, 2.05) is 0 Å². The largest absolute Gasteiger partial charge is 0.352 e. The summed E-state index contributed by atoms with van der Waals surface area (Å²) in [6, 6.07) is 4.46. The molecule has 0 radical (unpaired) electrons. The van der Waals surface area contributed by atoms with Crippen LogP contribution in [-0.4, -0.2) is 58.5 Å². The Kier molecular flexibility index (Phi) is 6.67. The van der Waals surface area contributed by atoms with Crippen molar-refractivity contribution in [3.05, 3.63) is 29.3 Å². The molecule has 8 nitrogen and oxygen atoms in total. The van der Waals surface area contributed by atoms with Crippen molar-refractivity contribution >= 4 is 37.6 Å². The van der Waals surface area contributed by atoms with E-state index in [0.29, 0.717) is 31.0 Å². The number of rotatable bonds is 6. The molecule has 2 N–H and O–H groups in total. The van der Waals surface area contributed by atoms with Crippen molar-refractivity contribution < 1.29 is 21.6 Å². The molecule has 0 aliphatic carbocycles. The lowest BCUT2D eigenvalue weighted by Gasteiger charge is -2.31. The number of amides is 1. The van der Waals surface area contributed by atoms with Crippen molar-refractivity contribution in [1.82, 2.24) is 14.3 Å². The molecule has 0 aromatic heterocycles. The molecule has 0 unspecified atom stereocenters. The summed E-state index contributed by atoms with van der Waals surface area (Å²) in [6.07, 6.45) is 2.12. The first kappa shape index (κ1) is 21.1. The van der Waals surface area contributed by atoms with E-state index < -0.39 is 32.0 Å². The Morgan fingerprint density at radius 1 is 1.15 bits per heavy atom. The molecule has 0 bridgehead atoms. The molecule has 146 valence electrons. The third-order valence-electron chi connectivity index (χ3n) is 4.12. The van der Waals surface area contributed by atoms with Crippen molar-refractivity contribution in [2.75, 3.05) is 19.3 Å². The van der Waals surface area contributed by atoms with Gasteiger partial charge in [-0.15, -0.1) is 0 Å². The number of carbonyl (C=O) groups excluding carboxylic acids is 1. The highest BCUT2D eigenvalue weighted by atomic mass is 35.5. The summed E-state index contributed by atoms with van der Waals surface area (Å²) in [6.45, 7) is 2.11.